The van der Waals surface area contributed by atoms with Gasteiger partial charge in [0.1, 0.15) is 5.82 Å². The number of carbonyl (C=O) groups is 4. The van der Waals surface area contributed by atoms with Crippen molar-refractivity contribution in [2.45, 2.75) is 25.9 Å². The Balaban J connectivity index is 0.000000574. The predicted molar refractivity (Wildman–Crippen MR) is 213 cm³/mol. The van der Waals surface area contributed by atoms with Crippen molar-refractivity contribution in [2.24, 2.45) is 0 Å². The molecule has 17 nitrogen and oxygen atoms in total. The van der Waals surface area contributed by atoms with Crippen molar-refractivity contribution in [2.75, 3.05) is 38.7 Å². The lowest BCUT2D eigenvalue weighted by Crippen LogP contribution is -2.51. The van der Waals surface area contributed by atoms with Crippen molar-refractivity contribution in [3.05, 3.63) is 111 Å². The number of rotatable bonds is 10. The summed E-state index contributed by atoms with van der Waals surface area (Å²) in [4.78, 5) is 67.3. The molecule has 2 aliphatic rings. The molecule has 0 aliphatic carbocycles. The third-order valence-corrected chi connectivity index (χ3v) is 9.15. The SMILES string of the molecule is CS(=O)(=O)O.CS(=O)(=O)O.C[C@H](CNCCNC[C@@H](C)N1C(=O)c2cccc3c2c(cc2ccc(F)cc23)C1=O)N1C(=O)c2cccc3cc([N+](=O)[O-])cc(c23)C1=O. The molecule has 306 valence electrons. The van der Waals surface area contributed by atoms with Crippen LogP contribution in [0.5, 0.6) is 0 Å². The Kier molecular flexibility index (Phi) is 12.7. The number of fused-ring (bicyclic) bond motifs is 2. The molecule has 20 heteroatoms. The molecule has 2 atom stereocenters. The number of nitrogens with one attached hydrogen (secondary N) is 2. The van der Waals surface area contributed by atoms with Crippen LogP contribution in [-0.2, 0) is 20.2 Å². The van der Waals surface area contributed by atoms with Crippen LogP contribution in [0.3, 0.4) is 0 Å². The zero-order valence-corrected chi connectivity index (χ0v) is 33.1. The fourth-order valence-electron chi connectivity index (χ4n) is 6.88. The summed E-state index contributed by atoms with van der Waals surface area (Å²) in [5.41, 5.74) is 1.02. The number of nitro benzene ring substituents is 1. The molecule has 0 bridgehead atoms. The number of halogens is 1. The van der Waals surface area contributed by atoms with E-state index in [9.17, 15) is 50.5 Å². The minimum atomic E-state index is -3.67. The first-order valence-corrected chi connectivity index (χ1v) is 21.1. The monoisotopic (exact) mass is 839 g/mol. The second-order valence-corrected chi connectivity index (χ2v) is 16.6. The zero-order valence-electron chi connectivity index (χ0n) is 31.4. The van der Waals surface area contributed by atoms with Crippen LogP contribution < -0.4 is 10.6 Å². The molecule has 7 rings (SSSR count). The molecule has 5 aromatic rings. The minimum absolute atomic E-state index is 0.125. The number of hydrogen-bond donors (Lipinski definition) is 4. The molecule has 0 fully saturated rings. The summed E-state index contributed by atoms with van der Waals surface area (Å²) in [6, 6.07) is 17.8. The lowest BCUT2D eigenvalue weighted by Gasteiger charge is -2.32. The maximum atomic E-state index is 14.1. The maximum absolute atomic E-state index is 14.1. The van der Waals surface area contributed by atoms with Crippen LogP contribution in [0, 0.1) is 15.9 Å². The van der Waals surface area contributed by atoms with Gasteiger partial charge in [0.2, 0.25) is 0 Å². The smallest absolute Gasteiger partial charge is 0.270 e. The first kappa shape index (κ1) is 43.4. The summed E-state index contributed by atoms with van der Waals surface area (Å²) in [5, 5.41) is 21.4. The second-order valence-electron chi connectivity index (χ2n) is 13.7. The van der Waals surface area contributed by atoms with Gasteiger partial charge < -0.3 is 10.6 Å². The average molecular weight is 840 g/mol. The largest absolute Gasteiger partial charge is 0.313 e. The Morgan fingerprint density at radius 2 is 1.12 bits per heavy atom. The van der Waals surface area contributed by atoms with Crippen LogP contribution in [0.4, 0.5) is 10.1 Å². The highest BCUT2D eigenvalue weighted by Gasteiger charge is 2.38. The van der Waals surface area contributed by atoms with Crippen molar-refractivity contribution >= 4 is 81.9 Å². The lowest BCUT2D eigenvalue weighted by atomic mass is 9.89. The van der Waals surface area contributed by atoms with E-state index in [2.05, 4.69) is 10.6 Å². The molecular formula is C38H38FN5O12S2. The average Bonchev–Trinajstić information content (AvgIpc) is 3.12. The number of non-ortho nitro benzene ring substituents is 1. The highest BCUT2D eigenvalue weighted by atomic mass is 32.2. The standard InChI is InChI=1S/C36H30FN5O6.2CH4O3S/c1-19(40-33(43)26-7-3-5-22-13-24(42(47)48)16-30(31(22)26)36(40)46)17-38-11-12-39-18-20(2)41-34(44)27-8-4-6-25-28-15-23(37)10-9-21(28)14-29(32(25)27)35(41)45;2*1-5(2,3)4/h3-10,13-16,19-20,38-39H,11-12,17-18H2,1-2H3;2*1H3,(H,2,3,4)/t19-,20-;;/m1../s1. The van der Waals surface area contributed by atoms with E-state index in [1.807, 2.05) is 0 Å². The van der Waals surface area contributed by atoms with E-state index in [1.165, 1.54) is 29.2 Å². The van der Waals surface area contributed by atoms with E-state index in [0.29, 0.717) is 81.2 Å². The van der Waals surface area contributed by atoms with Gasteiger partial charge in [0.25, 0.3) is 49.6 Å². The van der Waals surface area contributed by atoms with Gasteiger partial charge in [-0.2, -0.15) is 16.8 Å². The van der Waals surface area contributed by atoms with E-state index in [0.717, 1.165) is 4.90 Å². The van der Waals surface area contributed by atoms with Crippen LogP contribution >= 0.6 is 0 Å². The van der Waals surface area contributed by atoms with Gasteiger partial charge in [-0.3, -0.25) is 48.2 Å². The Hall–Kier alpha value is -5.77. The van der Waals surface area contributed by atoms with Crippen molar-refractivity contribution in [3.8, 4) is 0 Å². The van der Waals surface area contributed by atoms with Gasteiger partial charge in [0.05, 0.1) is 23.0 Å². The van der Waals surface area contributed by atoms with Crippen LogP contribution in [0.15, 0.2) is 72.8 Å². The highest BCUT2D eigenvalue weighted by Crippen LogP contribution is 2.37. The molecule has 0 saturated carbocycles. The summed E-state index contributed by atoms with van der Waals surface area (Å²) in [6.45, 7) is 5.03. The molecule has 0 spiro atoms. The zero-order chi connectivity index (χ0) is 42.9. The molecule has 58 heavy (non-hydrogen) atoms. The number of hydrogen-bond acceptors (Lipinski definition) is 12. The third-order valence-electron chi connectivity index (χ3n) is 9.15. The first-order chi connectivity index (χ1) is 27.1. The van der Waals surface area contributed by atoms with Crippen LogP contribution in [0.25, 0.3) is 32.3 Å². The van der Waals surface area contributed by atoms with Crippen LogP contribution in [-0.4, -0.2) is 115 Å². The third kappa shape index (κ3) is 9.67. The van der Waals surface area contributed by atoms with Crippen molar-refractivity contribution in [1.29, 1.82) is 0 Å². The van der Waals surface area contributed by atoms with Gasteiger partial charge in [-0.25, -0.2) is 4.39 Å². The van der Waals surface area contributed by atoms with Gasteiger partial charge in [-0.1, -0.05) is 30.3 Å². The second kappa shape index (κ2) is 17.0. The summed E-state index contributed by atoms with van der Waals surface area (Å²) >= 11 is 0. The van der Waals surface area contributed by atoms with Crippen molar-refractivity contribution < 1.29 is 54.4 Å². The van der Waals surface area contributed by atoms with E-state index >= 15 is 0 Å². The summed E-state index contributed by atoms with van der Waals surface area (Å²) in [6.07, 6.45) is 1.43. The quantitative estimate of drug-likeness (QED) is 0.0387. The number of nitro groups is 1. The summed E-state index contributed by atoms with van der Waals surface area (Å²) in [7, 11) is -7.33. The van der Waals surface area contributed by atoms with Crippen molar-refractivity contribution in [1.82, 2.24) is 20.4 Å². The summed E-state index contributed by atoms with van der Waals surface area (Å²) in [5.74, 6) is -2.25. The minimum Gasteiger partial charge on any atom is -0.313 e. The number of carbonyl (C=O) groups excluding carboxylic acids is 4. The van der Waals surface area contributed by atoms with Gasteiger partial charge in [0, 0.05) is 77.9 Å². The Bertz CT molecular complexity index is 2700. The lowest BCUT2D eigenvalue weighted by molar-refractivity contribution is -0.384. The van der Waals surface area contributed by atoms with E-state index in [-0.39, 0.29) is 17.8 Å². The maximum Gasteiger partial charge on any atom is 0.270 e. The van der Waals surface area contributed by atoms with Gasteiger partial charge in [-0.05, 0) is 65.7 Å². The van der Waals surface area contributed by atoms with Gasteiger partial charge >= 0.3 is 0 Å². The molecule has 0 saturated heterocycles. The summed E-state index contributed by atoms with van der Waals surface area (Å²) < 4.78 is 65.8. The molecule has 5 aromatic carbocycles. The molecule has 4 N–H and O–H groups in total. The molecular weight excluding hydrogens is 802 g/mol. The predicted octanol–water partition coefficient (Wildman–Crippen LogP) is 4.05. The molecule has 0 aromatic heterocycles. The molecule has 4 amide bonds. The fraction of sp³-hybridized carbons (Fsp3) is 0.263. The normalized spacial score (nSPS) is 14.9. The molecule has 0 radical (unpaired) electrons. The van der Waals surface area contributed by atoms with Crippen LogP contribution in [0.1, 0.15) is 55.3 Å². The van der Waals surface area contributed by atoms with E-state index in [4.69, 9.17) is 9.11 Å². The first-order valence-electron chi connectivity index (χ1n) is 17.4. The highest BCUT2D eigenvalue weighted by molar-refractivity contribution is 7.85. The molecule has 2 aliphatic heterocycles. The Labute approximate surface area is 331 Å². The molecule has 0 unspecified atom stereocenters. The number of amides is 4. The van der Waals surface area contributed by atoms with Gasteiger partial charge in [-0.15, -0.1) is 0 Å². The van der Waals surface area contributed by atoms with E-state index < -0.39 is 66.7 Å². The van der Waals surface area contributed by atoms with Gasteiger partial charge in [0.15, 0.2) is 0 Å². The number of nitrogens with zero attached hydrogens (tertiary/aromatic N) is 3. The number of imide groups is 2. The topological polar surface area (TPSA) is 251 Å². The number of benzene rings is 5. The van der Waals surface area contributed by atoms with E-state index in [1.54, 1.807) is 62.4 Å². The Morgan fingerprint density at radius 1 is 0.655 bits per heavy atom. The fourth-order valence-corrected chi connectivity index (χ4v) is 6.88. The molecule has 2 heterocycles. The van der Waals surface area contributed by atoms with Crippen molar-refractivity contribution in [3.63, 3.8) is 0 Å². The van der Waals surface area contributed by atoms with Crippen LogP contribution in [0.2, 0.25) is 0 Å². The Morgan fingerprint density at radius 3 is 1.64 bits per heavy atom.